The summed E-state index contributed by atoms with van der Waals surface area (Å²) in [4.78, 5) is 59.4. The van der Waals surface area contributed by atoms with Crippen LogP contribution in [-0.2, 0) is 30.4 Å². The maximum atomic E-state index is 12.6. The van der Waals surface area contributed by atoms with Crippen molar-refractivity contribution in [1.29, 1.82) is 0 Å². The van der Waals surface area contributed by atoms with Crippen molar-refractivity contribution < 1.29 is 39.3 Å². The van der Waals surface area contributed by atoms with Gasteiger partial charge >= 0.3 is 5.97 Å². The second-order valence-electron chi connectivity index (χ2n) is 7.34. The number of benzene rings is 1. The minimum absolute atomic E-state index is 0.166. The quantitative estimate of drug-likeness (QED) is 0.142. The smallest absolute Gasteiger partial charge is 0.326 e. The summed E-state index contributed by atoms with van der Waals surface area (Å²) in [5.74, 6) is -5.42. The molecule has 1 rings (SSSR count). The van der Waals surface area contributed by atoms with Crippen LogP contribution in [-0.4, -0.2) is 81.8 Å². The summed E-state index contributed by atoms with van der Waals surface area (Å²) < 4.78 is 0. The average Bonchev–Trinajstić information content (AvgIpc) is 2.74. The summed E-state index contributed by atoms with van der Waals surface area (Å²) in [5.41, 5.74) is 11.6. The molecular formula is C20H29N5O8. The van der Waals surface area contributed by atoms with Gasteiger partial charge in [-0.15, -0.1) is 0 Å². The molecule has 0 heterocycles. The van der Waals surface area contributed by atoms with E-state index in [0.29, 0.717) is 0 Å². The summed E-state index contributed by atoms with van der Waals surface area (Å²) in [6.07, 6.45) is -1.94. The first-order valence-electron chi connectivity index (χ1n) is 9.96. The average molecular weight is 467 g/mol. The summed E-state index contributed by atoms with van der Waals surface area (Å²) in [6.45, 7) is 0.281. The lowest BCUT2D eigenvalue weighted by Gasteiger charge is -2.25. The SMILES string of the molecule is CC(O)C(NC(=O)C(N)Cc1ccccc1)C(=O)NC(CO)C(=O)NC(CC(N)=O)C(=O)O. The van der Waals surface area contributed by atoms with Gasteiger partial charge in [-0.05, 0) is 18.9 Å². The van der Waals surface area contributed by atoms with E-state index in [4.69, 9.17) is 16.6 Å². The van der Waals surface area contributed by atoms with E-state index in [1.54, 1.807) is 30.3 Å². The lowest BCUT2D eigenvalue weighted by Crippen LogP contribution is -2.60. The van der Waals surface area contributed by atoms with Crippen LogP contribution >= 0.6 is 0 Å². The molecule has 0 aliphatic carbocycles. The van der Waals surface area contributed by atoms with Gasteiger partial charge in [-0.1, -0.05) is 30.3 Å². The van der Waals surface area contributed by atoms with Gasteiger partial charge in [0.25, 0.3) is 0 Å². The fourth-order valence-corrected chi connectivity index (χ4v) is 2.76. The summed E-state index contributed by atoms with van der Waals surface area (Å²) in [7, 11) is 0. The Morgan fingerprint density at radius 1 is 0.939 bits per heavy atom. The molecule has 0 fully saturated rings. The number of aliphatic hydroxyl groups is 2. The lowest BCUT2D eigenvalue weighted by molar-refractivity contribution is -0.144. The fraction of sp³-hybridized carbons (Fsp3) is 0.450. The lowest BCUT2D eigenvalue weighted by atomic mass is 10.0. The predicted octanol–water partition coefficient (Wildman–Crippen LogP) is -3.66. The Morgan fingerprint density at radius 3 is 2.00 bits per heavy atom. The Balaban J connectivity index is 2.80. The molecule has 1 aromatic rings. The molecule has 5 unspecified atom stereocenters. The number of nitrogens with one attached hydrogen (secondary N) is 3. The van der Waals surface area contributed by atoms with Gasteiger partial charge in [0, 0.05) is 0 Å². The number of aliphatic hydroxyl groups excluding tert-OH is 2. The predicted molar refractivity (Wildman–Crippen MR) is 114 cm³/mol. The van der Waals surface area contributed by atoms with Gasteiger partial charge in [-0.3, -0.25) is 19.2 Å². The van der Waals surface area contributed by atoms with E-state index in [1.807, 2.05) is 5.32 Å². The van der Waals surface area contributed by atoms with Crippen molar-refractivity contribution in [3.05, 3.63) is 35.9 Å². The topological polar surface area (TPSA) is 234 Å². The van der Waals surface area contributed by atoms with E-state index in [0.717, 1.165) is 5.56 Å². The molecule has 33 heavy (non-hydrogen) atoms. The molecular weight excluding hydrogens is 438 g/mol. The van der Waals surface area contributed by atoms with Crippen LogP contribution in [0.5, 0.6) is 0 Å². The zero-order valence-electron chi connectivity index (χ0n) is 17.9. The number of carboxylic acids is 1. The van der Waals surface area contributed by atoms with Crippen LogP contribution in [0, 0.1) is 0 Å². The van der Waals surface area contributed by atoms with Gasteiger partial charge in [-0.2, -0.15) is 0 Å². The minimum atomic E-state index is -1.68. The fourth-order valence-electron chi connectivity index (χ4n) is 2.76. The molecule has 0 saturated heterocycles. The zero-order valence-corrected chi connectivity index (χ0v) is 17.9. The minimum Gasteiger partial charge on any atom is -0.480 e. The van der Waals surface area contributed by atoms with Crippen molar-refractivity contribution in [3.8, 4) is 0 Å². The number of carbonyl (C=O) groups is 5. The molecule has 0 radical (unpaired) electrons. The van der Waals surface area contributed by atoms with Crippen molar-refractivity contribution in [2.24, 2.45) is 11.5 Å². The van der Waals surface area contributed by atoms with E-state index in [9.17, 15) is 34.2 Å². The Hall–Kier alpha value is -3.55. The molecule has 10 N–H and O–H groups in total. The second-order valence-corrected chi connectivity index (χ2v) is 7.34. The van der Waals surface area contributed by atoms with Crippen molar-refractivity contribution >= 4 is 29.6 Å². The Morgan fingerprint density at radius 2 is 1.52 bits per heavy atom. The van der Waals surface area contributed by atoms with Gasteiger partial charge < -0.3 is 42.7 Å². The number of aliphatic carboxylic acids is 1. The molecule has 0 bridgehead atoms. The number of hydrogen-bond donors (Lipinski definition) is 8. The Kier molecular flexibility index (Phi) is 10.9. The number of nitrogens with two attached hydrogens (primary N) is 2. The highest BCUT2D eigenvalue weighted by Gasteiger charge is 2.32. The molecule has 0 aliphatic heterocycles. The molecule has 13 heteroatoms. The second kappa shape index (κ2) is 13.1. The molecule has 5 atom stereocenters. The first-order chi connectivity index (χ1) is 15.5. The maximum absolute atomic E-state index is 12.6. The first kappa shape index (κ1) is 27.5. The molecule has 0 saturated carbocycles. The van der Waals surface area contributed by atoms with E-state index in [2.05, 4.69) is 10.6 Å². The number of carboxylic acid groups (broad SMARTS) is 1. The van der Waals surface area contributed by atoms with Crippen LogP contribution in [0.1, 0.15) is 18.9 Å². The Bertz CT molecular complexity index is 848. The molecule has 4 amide bonds. The van der Waals surface area contributed by atoms with Gasteiger partial charge in [-0.25, -0.2) is 4.79 Å². The number of rotatable bonds is 13. The number of amides is 4. The Labute approximate surface area is 189 Å². The molecule has 1 aromatic carbocycles. The number of hydrogen-bond acceptors (Lipinski definition) is 8. The third-order valence-electron chi connectivity index (χ3n) is 4.53. The molecule has 13 nitrogen and oxygen atoms in total. The van der Waals surface area contributed by atoms with Crippen LogP contribution < -0.4 is 27.4 Å². The van der Waals surface area contributed by atoms with Crippen LogP contribution in [0.3, 0.4) is 0 Å². The highest BCUT2D eigenvalue weighted by molar-refractivity contribution is 5.95. The monoisotopic (exact) mass is 467 g/mol. The van der Waals surface area contributed by atoms with Crippen LogP contribution in [0.2, 0.25) is 0 Å². The van der Waals surface area contributed by atoms with Crippen LogP contribution in [0.4, 0.5) is 0 Å². The van der Waals surface area contributed by atoms with Crippen molar-refractivity contribution in [3.63, 3.8) is 0 Å². The van der Waals surface area contributed by atoms with Gasteiger partial charge in [0.1, 0.15) is 18.1 Å². The first-order valence-corrected chi connectivity index (χ1v) is 9.96. The van der Waals surface area contributed by atoms with Crippen molar-refractivity contribution in [2.45, 2.75) is 50.0 Å². The van der Waals surface area contributed by atoms with Crippen molar-refractivity contribution in [1.82, 2.24) is 16.0 Å². The molecule has 182 valence electrons. The van der Waals surface area contributed by atoms with Gasteiger partial charge in [0.2, 0.25) is 23.6 Å². The third-order valence-corrected chi connectivity index (χ3v) is 4.53. The van der Waals surface area contributed by atoms with Gasteiger partial charge in [0.05, 0.1) is 25.2 Å². The summed E-state index contributed by atoms with van der Waals surface area (Å²) >= 11 is 0. The van der Waals surface area contributed by atoms with Crippen LogP contribution in [0.15, 0.2) is 30.3 Å². The highest BCUT2D eigenvalue weighted by atomic mass is 16.4. The largest absolute Gasteiger partial charge is 0.480 e. The summed E-state index contributed by atoms with van der Waals surface area (Å²) in [5, 5.41) is 34.8. The van der Waals surface area contributed by atoms with Crippen molar-refractivity contribution in [2.75, 3.05) is 6.61 Å². The van der Waals surface area contributed by atoms with E-state index in [1.165, 1.54) is 6.92 Å². The van der Waals surface area contributed by atoms with Gasteiger partial charge in [0.15, 0.2) is 0 Å². The third kappa shape index (κ3) is 9.22. The van der Waals surface area contributed by atoms with E-state index in [-0.39, 0.29) is 6.42 Å². The van der Waals surface area contributed by atoms with E-state index < -0.39 is 72.9 Å². The molecule has 0 aliphatic rings. The number of primary amides is 1. The van der Waals surface area contributed by atoms with E-state index >= 15 is 0 Å². The van der Waals surface area contributed by atoms with Crippen LogP contribution in [0.25, 0.3) is 0 Å². The number of carbonyl (C=O) groups excluding carboxylic acids is 4. The molecule has 0 aromatic heterocycles. The standard InChI is InChI=1S/C20H29N5O8/c1-10(27)16(25-17(29)12(21)7-11-5-3-2-4-6-11)19(31)24-14(9-26)18(30)23-13(20(32)33)8-15(22)28/h2-6,10,12-14,16,26-27H,7-9,21H2,1H3,(H2,22,28)(H,23,30)(H,24,31)(H,25,29)(H,32,33). The normalized spacial score (nSPS) is 15.3. The summed E-state index contributed by atoms with van der Waals surface area (Å²) in [6, 6.07) is 2.98. The zero-order chi connectivity index (χ0) is 25.1. The highest BCUT2D eigenvalue weighted by Crippen LogP contribution is 2.03. The maximum Gasteiger partial charge on any atom is 0.326 e. The molecule has 0 spiro atoms.